The normalized spacial score (nSPS) is 10.9. The fraction of sp³-hybridized carbons (Fsp3) is 0.0909. The van der Waals surface area contributed by atoms with Crippen molar-refractivity contribution < 1.29 is 0 Å². The minimum atomic E-state index is -0.370. The highest BCUT2D eigenvalue weighted by Crippen LogP contribution is 2.13. The molecule has 18 heavy (non-hydrogen) atoms. The number of hydrogen-bond donors (Lipinski definition) is 1. The number of nitrogens with one attached hydrogen (secondary N) is 1. The van der Waals surface area contributed by atoms with Gasteiger partial charge in [0, 0.05) is 12.4 Å². The summed E-state index contributed by atoms with van der Waals surface area (Å²) in [6.45, 7) is 0.202. The van der Waals surface area contributed by atoms with Crippen molar-refractivity contribution in [1.29, 1.82) is 0 Å². The number of fused-ring (bicyclic) bond motifs is 1. The van der Waals surface area contributed by atoms with Crippen LogP contribution in [0.2, 0.25) is 0 Å². The maximum atomic E-state index is 11.7. The van der Waals surface area contributed by atoms with Gasteiger partial charge in [-0.15, -0.1) is 11.3 Å². The third-order valence-electron chi connectivity index (χ3n) is 2.47. The topological polar surface area (TPSA) is 80.6 Å². The smallest absolute Gasteiger partial charge is 0.308 e. The highest BCUT2D eigenvalue weighted by Gasteiger charge is 2.06. The van der Waals surface area contributed by atoms with Gasteiger partial charge in [-0.25, -0.2) is 14.8 Å². The zero-order chi connectivity index (χ0) is 12.5. The molecule has 3 aromatic heterocycles. The second kappa shape index (κ2) is 4.19. The van der Waals surface area contributed by atoms with E-state index in [1.54, 1.807) is 18.3 Å². The molecule has 0 saturated heterocycles. The molecule has 90 valence electrons. The fourth-order valence-corrected chi connectivity index (χ4v) is 2.39. The van der Waals surface area contributed by atoms with Crippen LogP contribution in [0.4, 0.5) is 0 Å². The SMILES string of the molecule is O=c1[nH]c(Cn2cccnc2=O)nc2ccsc12. The van der Waals surface area contributed by atoms with Gasteiger partial charge in [-0.05, 0) is 17.5 Å². The third kappa shape index (κ3) is 1.84. The van der Waals surface area contributed by atoms with E-state index >= 15 is 0 Å². The first-order valence-electron chi connectivity index (χ1n) is 5.22. The molecule has 3 aromatic rings. The lowest BCUT2D eigenvalue weighted by Crippen LogP contribution is -2.24. The molecule has 0 bridgehead atoms. The summed E-state index contributed by atoms with van der Waals surface area (Å²) in [5.74, 6) is 0.445. The minimum absolute atomic E-state index is 0.179. The largest absolute Gasteiger partial charge is 0.347 e. The van der Waals surface area contributed by atoms with E-state index in [9.17, 15) is 9.59 Å². The van der Waals surface area contributed by atoms with E-state index in [4.69, 9.17) is 0 Å². The number of hydrogen-bond acceptors (Lipinski definition) is 5. The van der Waals surface area contributed by atoms with Crippen LogP contribution in [0, 0.1) is 0 Å². The Morgan fingerprint density at radius 2 is 2.28 bits per heavy atom. The van der Waals surface area contributed by atoms with Gasteiger partial charge in [0.05, 0.1) is 12.1 Å². The molecule has 3 heterocycles. The summed E-state index contributed by atoms with van der Waals surface area (Å²) >= 11 is 1.34. The maximum absolute atomic E-state index is 11.7. The van der Waals surface area contributed by atoms with Crippen LogP contribution >= 0.6 is 11.3 Å². The van der Waals surface area contributed by atoms with Crippen LogP contribution in [-0.4, -0.2) is 19.5 Å². The maximum Gasteiger partial charge on any atom is 0.347 e. The van der Waals surface area contributed by atoms with Crippen LogP contribution in [0.25, 0.3) is 10.2 Å². The van der Waals surface area contributed by atoms with E-state index in [0.29, 0.717) is 16.0 Å². The van der Waals surface area contributed by atoms with Gasteiger partial charge in [-0.2, -0.15) is 0 Å². The van der Waals surface area contributed by atoms with Gasteiger partial charge >= 0.3 is 5.69 Å². The first-order valence-corrected chi connectivity index (χ1v) is 6.10. The molecule has 0 atom stereocenters. The Morgan fingerprint density at radius 1 is 1.39 bits per heavy atom. The predicted molar refractivity (Wildman–Crippen MR) is 67.8 cm³/mol. The summed E-state index contributed by atoms with van der Waals surface area (Å²) in [5, 5.41) is 1.81. The molecule has 0 radical (unpaired) electrons. The van der Waals surface area contributed by atoms with Crippen molar-refractivity contribution in [3.63, 3.8) is 0 Å². The quantitative estimate of drug-likeness (QED) is 0.731. The second-order valence-electron chi connectivity index (χ2n) is 3.68. The second-order valence-corrected chi connectivity index (χ2v) is 4.59. The molecule has 0 unspecified atom stereocenters. The van der Waals surface area contributed by atoms with Gasteiger partial charge in [0.25, 0.3) is 5.56 Å². The molecule has 3 rings (SSSR count). The average Bonchev–Trinajstić information content (AvgIpc) is 2.81. The van der Waals surface area contributed by atoms with Crippen molar-refractivity contribution in [3.05, 3.63) is 56.6 Å². The summed E-state index contributed by atoms with van der Waals surface area (Å²) in [5.41, 5.74) is 0.100. The average molecular weight is 260 g/mol. The van der Waals surface area contributed by atoms with Crippen molar-refractivity contribution in [2.45, 2.75) is 6.54 Å². The lowest BCUT2D eigenvalue weighted by atomic mass is 10.4. The van der Waals surface area contributed by atoms with E-state index in [0.717, 1.165) is 0 Å². The van der Waals surface area contributed by atoms with E-state index in [1.807, 2.05) is 5.38 Å². The predicted octanol–water partition coefficient (Wildman–Crippen LogP) is 0.590. The molecular formula is C11H8N4O2S. The van der Waals surface area contributed by atoms with Crippen molar-refractivity contribution in [1.82, 2.24) is 19.5 Å². The molecular weight excluding hydrogens is 252 g/mol. The van der Waals surface area contributed by atoms with E-state index < -0.39 is 0 Å². The van der Waals surface area contributed by atoms with Crippen molar-refractivity contribution in [2.75, 3.05) is 0 Å². The van der Waals surface area contributed by atoms with E-state index in [2.05, 4.69) is 15.0 Å². The van der Waals surface area contributed by atoms with Gasteiger partial charge in [-0.3, -0.25) is 9.36 Å². The first-order chi connectivity index (χ1) is 8.74. The Kier molecular flexibility index (Phi) is 2.52. The van der Waals surface area contributed by atoms with E-state index in [1.165, 1.54) is 22.1 Å². The highest BCUT2D eigenvalue weighted by atomic mass is 32.1. The lowest BCUT2D eigenvalue weighted by Gasteiger charge is -2.03. The van der Waals surface area contributed by atoms with Gasteiger partial charge in [-0.1, -0.05) is 0 Å². The van der Waals surface area contributed by atoms with Crippen LogP contribution in [0.15, 0.2) is 39.5 Å². The number of thiophene rings is 1. The highest BCUT2D eigenvalue weighted by molar-refractivity contribution is 7.17. The number of aromatic amines is 1. The molecule has 0 aromatic carbocycles. The Balaban J connectivity index is 2.08. The molecule has 0 fully saturated rings. The monoisotopic (exact) mass is 260 g/mol. The molecule has 0 aliphatic carbocycles. The standard InChI is InChI=1S/C11H8N4O2S/c16-10-9-7(2-5-18-9)13-8(14-10)6-15-4-1-3-12-11(15)17/h1-5H,6H2,(H,13,14,16). The van der Waals surface area contributed by atoms with Gasteiger partial charge in [0.1, 0.15) is 10.5 Å². The lowest BCUT2D eigenvalue weighted by molar-refractivity contribution is 0.691. The summed E-state index contributed by atoms with van der Waals surface area (Å²) < 4.78 is 1.98. The zero-order valence-corrected chi connectivity index (χ0v) is 9.98. The number of aromatic nitrogens is 4. The zero-order valence-electron chi connectivity index (χ0n) is 9.16. The molecule has 0 aliphatic rings. The molecule has 0 aliphatic heterocycles. The molecule has 0 saturated carbocycles. The van der Waals surface area contributed by atoms with Gasteiger partial charge in [0.15, 0.2) is 0 Å². The van der Waals surface area contributed by atoms with Crippen molar-refractivity contribution in [3.8, 4) is 0 Å². The fourth-order valence-electron chi connectivity index (χ4n) is 1.67. The summed E-state index contributed by atoms with van der Waals surface area (Å²) in [4.78, 5) is 33.8. The van der Waals surface area contributed by atoms with Gasteiger partial charge < -0.3 is 4.98 Å². The Hall–Kier alpha value is -2.28. The number of nitrogens with zero attached hydrogens (tertiary/aromatic N) is 3. The number of rotatable bonds is 2. The molecule has 1 N–H and O–H groups in total. The number of H-pyrrole nitrogens is 1. The minimum Gasteiger partial charge on any atom is -0.308 e. The Labute approximate surface area is 105 Å². The first kappa shape index (κ1) is 10.8. The van der Waals surface area contributed by atoms with Crippen LogP contribution in [-0.2, 0) is 6.54 Å². The molecule has 0 amide bonds. The molecule has 7 heteroatoms. The third-order valence-corrected chi connectivity index (χ3v) is 3.37. The molecule has 0 spiro atoms. The van der Waals surface area contributed by atoms with Crippen molar-refractivity contribution >= 4 is 21.6 Å². The van der Waals surface area contributed by atoms with Crippen molar-refractivity contribution in [2.24, 2.45) is 0 Å². The van der Waals surface area contributed by atoms with Crippen LogP contribution < -0.4 is 11.2 Å². The van der Waals surface area contributed by atoms with E-state index in [-0.39, 0.29) is 17.8 Å². The van der Waals surface area contributed by atoms with Crippen LogP contribution in [0.3, 0.4) is 0 Å². The molecule has 6 nitrogen and oxygen atoms in total. The van der Waals surface area contributed by atoms with Crippen LogP contribution in [0.5, 0.6) is 0 Å². The summed E-state index contributed by atoms with van der Waals surface area (Å²) in [6.07, 6.45) is 3.03. The Bertz CT molecular complexity index is 817. The Morgan fingerprint density at radius 3 is 3.11 bits per heavy atom. The summed E-state index contributed by atoms with van der Waals surface area (Å²) in [7, 11) is 0. The summed E-state index contributed by atoms with van der Waals surface area (Å²) in [6, 6.07) is 3.44. The van der Waals surface area contributed by atoms with Gasteiger partial charge in [0.2, 0.25) is 0 Å². The van der Waals surface area contributed by atoms with Crippen LogP contribution in [0.1, 0.15) is 5.82 Å².